The van der Waals surface area contributed by atoms with E-state index in [0.717, 1.165) is 32.7 Å². The molecule has 1 aliphatic rings. The predicted molar refractivity (Wildman–Crippen MR) is 66.8 cm³/mol. The molecule has 2 N–H and O–H groups in total. The summed E-state index contributed by atoms with van der Waals surface area (Å²) in [4.78, 5) is 2.41. The van der Waals surface area contributed by atoms with Crippen LogP contribution in [0.25, 0.3) is 0 Å². The van der Waals surface area contributed by atoms with Gasteiger partial charge in [0.25, 0.3) is 0 Å². The van der Waals surface area contributed by atoms with E-state index < -0.39 is 0 Å². The molecule has 1 saturated heterocycles. The molecule has 3 nitrogen and oxygen atoms in total. The summed E-state index contributed by atoms with van der Waals surface area (Å²) in [7, 11) is 0. The summed E-state index contributed by atoms with van der Waals surface area (Å²) in [5, 5.41) is 0. The van der Waals surface area contributed by atoms with E-state index in [1.165, 1.54) is 11.3 Å². The lowest BCUT2D eigenvalue weighted by molar-refractivity contribution is 0.0922. The van der Waals surface area contributed by atoms with E-state index in [1.54, 1.807) is 0 Å². The minimum atomic E-state index is 0.432. The van der Waals surface area contributed by atoms with Crippen LogP contribution in [0.5, 0.6) is 0 Å². The lowest BCUT2D eigenvalue weighted by atomic mass is 10.1. The Morgan fingerprint density at radius 1 is 1.38 bits per heavy atom. The van der Waals surface area contributed by atoms with Crippen LogP contribution in [-0.2, 0) is 4.74 Å². The SMILES string of the molecule is Cc1ccc(N2CCOCC2CCN)cc1. The number of hydrogen-bond donors (Lipinski definition) is 1. The van der Waals surface area contributed by atoms with Gasteiger partial charge in [-0.1, -0.05) is 17.7 Å². The van der Waals surface area contributed by atoms with Crippen molar-refractivity contribution in [2.75, 3.05) is 31.2 Å². The largest absolute Gasteiger partial charge is 0.377 e. The van der Waals surface area contributed by atoms with Crippen LogP contribution in [0.3, 0.4) is 0 Å². The topological polar surface area (TPSA) is 38.5 Å². The van der Waals surface area contributed by atoms with E-state index in [4.69, 9.17) is 10.5 Å². The van der Waals surface area contributed by atoms with E-state index in [0.29, 0.717) is 6.04 Å². The number of aryl methyl sites for hydroxylation is 1. The van der Waals surface area contributed by atoms with Crippen molar-refractivity contribution in [1.29, 1.82) is 0 Å². The molecule has 0 aromatic heterocycles. The van der Waals surface area contributed by atoms with Gasteiger partial charge in [-0.15, -0.1) is 0 Å². The molecule has 1 aromatic carbocycles. The third-order valence-electron chi connectivity index (χ3n) is 3.09. The minimum absolute atomic E-state index is 0.432. The lowest BCUT2D eigenvalue weighted by Crippen LogP contribution is -2.46. The van der Waals surface area contributed by atoms with Crippen molar-refractivity contribution in [2.24, 2.45) is 5.73 Å². The molecule has 0 bridgehead atoms. The summed E-state index contributed by atoms with van der Waals surface area (Å²) in [6.07, 6.45) is 0.994. The Balaban J connectivity index is 2.13. The van der Waals surface area contributed by atoms with Crippen LogP contribution in [0.2, 0.25) is 0 Å². The Bertz CT molecular complexity index is 321. The van der Waals surface area contributed by atoms with Crippen LogP contribution >= 0.6 is 0 Å². The van der Waals surface area contributed by atoms with Crippen molar-refractivity contribution < 1.29 is 4.74 Å². The molecule has 0 spiro atoms. The van der Waals surface area contributed by atoms with Gasteiger partial charge < -0.3 is 15.4 Å². The van der Waals surface area contributed by atoms with Crippen LogP contribution in [0.15, 0.2) is 24.3 Å². The van der Waals surface area contributed by atoms with E-state index in [2.05, 4.69) is 36.1 Å². The predicted octanol–water partition coefficient (Wildman–Crippen LogP) is 1.55. The Hall–Kier alpha value is -1.06. The first-order valence-electron chi connectivity index (χ1n) is 5.92. The second-order valence-corrected chi connectivity index (χ2v) is 4.34. The Morgan fingerprint density at radius 3 is 2.81 bits per heavy atom. The highest BCUT2D eigenvalue weighted by Crippen LogP contribution is 2.21. The monoisotopic (exact) mass is 220 g/mol. The fourth-order valence-electron chi connectivity index (χ4n) is 2.16. The van der Waals surface area contributed by atoms with Gasteiger partial charge >= 0.3 is 0 Å². The van der Waals surface area contributed by atoms with E-state index in [-0.39, 0.29) is 0 Å². The first kappa shape index (κ1) is 11.4. The number of benzene rings is 1. The number of nitrogens with zero attached hydrogens (tertiary/aromatic N) is 1. The van der Waals surface area contributed by atoms with Gasteiger partial charge in [-0.05, 0) is 32.0 Å². The second-order valence-electron chi connectivity index (χ2n) is 4.34. The Labute approximate surface area is 97.2 Å². The van der Waals surface area contributed by atoms with Gasteiger partial charge in [0.15, 0.2) is 0 Å². The molecule has 88 valence electrons. The number of anilines is 1. The van der Waals surface area contributed by atoms with Crippen molar-refractivity contribution in [3.8, 4) is 0 Å². The van der Waals surface area contributed by atoms with Crippen molar-refractivity contribution in [3.05, 3.63) is 29.8 Å². The number of rotatable bonds is 3. The number of hydrogen-bond acceptors (Lipinski definition) is 3. The summed E-state index contributed by atoms with van der Waals surface area (Å²) in [5.41, 5.74) is 8.22. The maximum absolute atomic E-state index is 5.64. The van der Waals surface area contributed by atoms with Crippen LogP contribution in [0, 0.1) is 6.92 Å². The van der Waals surface area contributed by atoms with E-state index in [9.17, 15) is 0 Å². The van der Waals surface area contributed by atoms with Gasteiger partial charge in [0, 0.05) is 12.2 Å². The average Bonchev–Trinajstić information content (AvgIpc) is 2.32. The van der Waals surface area contributed by atoms with Gasteiger partial charge in [0.2, 0.25) is 0 Å². The van der Waals surface area contributed by atoms with Crippen molar-refractivity contribution >= 4 is 5.69 Å². The summed E-state index contributed by atoms with van der Waals surface area (Å²) in [6.45, 7) is 5.41. The molecule has 1 aliphatic heterocycles. The molecular weight excluding hydrogens is 200 g/mol. The molecule has 0 saturated carbocycles. The van der Waals surface area contributed by atoms with E-state index >= 15 is 0 Å². The van der Waals surface area contributed by atoms with Crippen LogP contribution in [0.1, 0.15) is 12.0 Å². The summed E-state index contributed by atoms with van der Waals surface area (Å²) in [6, 6.07) is 9.12. The van der Waals surface area contributed by atoms with Crippen molar-refractivity contribution in [2.45, 2.75) is 19.4 Å². The minimum Gasteiger partial charge on any atom is -0.377 e. The quantitative estimate of drug-likeness (QED) is 0.840. The Morgan fingerprint density at radius 2 is 2.12 bits per heavy atom. The van der Waals surface area contributed by atoms with Crippen molar-refractivity contribution in [1.82, 2.24) is 0 Å². The molecule has 1 atom stereocenters. The summed E-state index contributed by atoms with van der Waals surface area (Å²) in [5.74, 6) is 0. The summed E-state index contributed by atoms with van der Waals surface area (Å²) >= 11 is 0. The van der Waals surface area contributed by atoms with Gasteiger partial charge in [-0.3, -0.25) is 0 Å². The summed E-state index contributed by atoms with van der Waals surface area (Å²) < 4.78 is 5.51. The molecule has 1 aromatic rings. The first-order chi connectivity index (χ1) is 7.81. The second kappa shape index (κ2) is 5.32. The number of nitrogens with two attached hydrogens (primary N) is 1. The highest BCUT2D eigenvalue weighted by molar-refractivity contribution is 5.48. The lowest BCUT2D eigenvalue weighted by Gasteiger charge is -2.37. The molecule has 16 heavy (non-hydrogen) atoms. The van der Waals surface area contributed by atoms with Crippen LogP contribution < -0.4 is 10.6 Å². The highest BCUT2D eigenvalue weighted by Gasteiger charge is 2.22. The third-order valence-corrected chi connectivity index (χ3v) is 3.09. The van der Waals surface area contributed by atoms with Crippen LogP contribution in [-0.4, -0.2) is 32.3 Å². The smallest absolute Gasteiger partial charge is 0.0671 e. The molecule has 1 heterocycles. The third kappa shape index (κ3) is 2.54. The Kier molecular flexibility index (Phi) is 3.80. The fraction of sp³-hybridized carbons (Fsp3) is 0.538. The normalized spacial score (nSPS) is 21.1. The molecule has 3 heteroatoms. The highest BCUT2D eigenvalue weighted by atomic mass is 16.5. The van der Waals surface area contributed by atoms with Gasteiger partial charge in [-0.25, -0.2) is 0 Å². The zero-order valence-electron chi connectivity index (χ0n) is 9.86. The van der Waals surface area contributed by atoms with Gasteiger partial charge in [0.1, 0.15) is 0 Å². The standard InChI is InChI=1S/C13H20N2O/c1-11-2-4-12(5-3-11)15-8-9-16-10-13(15)6-7-14/h2-5,13H,6-10,14H2,1H3. The zero-order chi connectivity index (χ0) is 11.4. The van der Waals surface area contributed by atoms with Gasteiger partial charge in [0.05, 0.1) is 19.3 Å². The maximum Gasteiger partial charge on any atom is 0.0671 e. The zero-order valence-corrected chi connectivity index (χ0v) is 9.86. The fourth-order valence-corrected chi connectivity index (χ4v) is 2.16. The molecule has 1 fully saturated rings. The van der Waals surface area contributed by atoms with Gasteiger partial charge in [-0.2, -0.15) is 0 Å². The molecule has 2 rings (SSSR count). The van der Waals surface area contributed by atoms with Crippen LogP contribution in [0.4, 0.5) is 5.69 Å². The van der Waals surface area contributed by atoms with E-state index in [1.807, 2.05) is 0 Å². The molecule has 0 aliphatic carbocycles. The average molecular weight is 220 g/mol. The number of ether oxygens (including phenoxy) is 1. The molecule has 0 amide bonds. The molecule has 0 radical (unpaired) electrons. The van der Waals surface area contributed by atoms with Crippen molar-refractivity contribution in [3.63, 3.8) is 0 Å². The number of morpholine rings is 1. The first-order valence-corrected chi connectivity index (χ1v) is 5.92. The molecule has 1 unspecified atom stereocenters. The molecular formula is C13H20N2O. The maximum atomic E-state index is 5.64.